The van der Waals surface area contributed by atoms with E-state index < -0.39 is 10.0 Å². The van der Waals surface area contributed by atoms with E-state index in [0.29, 0.717) is 17.8 Å². The molecule has 0 heterocycles. The van der Waals surface area contributed by atoms with Crippen LogP contribution in [-0.2, 0) is 10.0 Å². The second-order valence-corrected chi connectivity index (χ2v) is 8.28. The average Bonchev–Trinajstić information content (AvgIpc) is 2.37. The van der Waals surface area contributed by atoms with Crippen LogP contribution >= 0.6 is 0 Å². The highest BCUT2D eigenvalue weighted by Crippen LogP contribution is 2.55. The summed E-state index contributed by atoms with van der Waals surface area (Å²) in [6, 6.07) is 0.286. The number of rotatable bonds is 2. The molecule has 0 spiro atoms. The highest BCUT2D eigenvalue weighted by Gasteiger charge is 2.54. The van der Waals surface area contributed by atoms with Gasteiger partial charge in [-0.15, -0.1) is 0 Å². The molecule has 3 fully saturated rings. The Labute approximate surface area is 103 Å². The van der Waals surface area contributed by atoms with E-state index >= 15 is 0 Å². The number of fused-ring (bicyclic) bond motifs is 2. The molecule has 3 saturated carbocycles. The number of nitrogens with one attached hydrogen (secondary N) is 1. The molecular formula is C12H22N2O2S. The van der Waals surface area contributed by atoms with E-state index in [1.54, 1.807) is 0 Å². The van der Waals surface area contributed by atoms with Gasteiger partial charge >= 0.3 is 0 Å². The monoisotopic (exact) mass is 258 g/mol. The van der Waals surface area contributed by atoms with Crippen molar-refractivity contribution in [1.82, 2.24) is 4.72 Å². The van der Waals surface area contributed by atoms with E-state index in [0.717, 1.165) is 25.7 Å². The molecule has 3 bridgehead atoms. The highest BCUT2D eigenvalue weighted by atomic mass is 32.2. The first-order valence-corrected chi connectivity index (χ1v) is 8.51. The van der Waals surface area contributed by atoms with Crippen molar-refractivity contribution in [2.45, 2.75) is 50.1 Å². The van der Waals surface area contributed by atoms with Gasteiger partial charge in [-0.05, 0) is 56.3 Å². The Balaban J connectivity index is 1.90. The third-order valence-corrected chi connectivity index (χ3v) is 5.86. The van der Waals surface area contributed by atoms with Gasteiger partial charge in [-0.1, -0.05) is 0 Å². The first-order chi connectivity index (χ1) is 7.87. The molecule has 3 N–H and O–H groups in total. The largest absolute Gasteiger partial charge is 0.327 e. The van der Waals surface area contributed by atoms with Crippen LogP contribution < -0.4 is 10.5 Å². The van der Waals surface area contributed by atoms with Crippen molar-refractivity contribution in [3.8, 4) is 0 Å². The number of hydrogen-bond acceptors (Lipinski definition) is 3. The van der Waals surface area contributed by atoms with Crippen LogP contribution in [0.1, 0.15) is 38.5 Å². The molecule has 0 radical (unpaired) electrons. The van der Waals surface area contributed by atoms with Gasteiger partial charge in [0.15, 0.2) is 0 Å². The lowest BCUT2D eigenvalue weighted by molar-refractivity contribution is 0.207. The van der Waals surface area contributed by atoms with Crippen LogP contribution in [0.15, 0.2) is 0 Å². The molecular weight excluding hydrogens is 236 g/mol. The zero-order valence-electron chi connectivity index (χ0n) is 10.4. The van der Waals surface area contributed by atoms with E-state index in [2.05, 4.69) is 4.72 Å². The lowest BCUT2D eigenvalue weighted by Crippen LogP contribution is -2.49. The highest BCUT2D eigenvalue weighted by molar-refractivity contribution is 7.88. The quantitative estimate of drug-likeness (QED) is 0.770. The number of sulfonamides is 1. The van der Waals surface area contributed by atoms with E-state index in [1.807, 2.05) is 0 Å². The zero-order chi connectivity index (χ0) is 12.3. The van der Waals surface area contributed by atoms with Gasteiger partial charge in [0.1, 0.15) is 0 Å². The normalized spacial score (nSPS) is 49.3. The van der Waals surface area contributed by atoms with Gasteiger partial charge < -0.3 is 5.73 Å². The smallest absolute Gasteiger partial charge is 0.209 e. The topological polar surface area (TPSA) is 72.2 Å². The molecule has 3 rings (SSSR count). The molecule has 5 heteroatoms. The first-order valence-electron chi connectivity index (χ1n) is 6.61. The summed E-state index contributed by atoms with van der Waals surface area (Å²) in [6.07, 6.45) is 7.85. The molecule has 0 aliphatic heterocycles. The molecule has 0 amide bonds. The van der Waals surface area contributed by atoms with Gasteiger partial charge in [0.2, 0.25) is 10.0 Å². The van der Waals surface area contributed by atoms with Crippen molar-refractivity contribution < 1.29 is 8.42 Å². The zero-order valence-corrected chi connectivity index (χ0v) is 11.2. The molecule has 0 aromatic rings. The van der Waals surface area contributed by atoms with Crippen LogP contribution in [0.2, 0.25) is 0 Å². The van der Waals surface area contributed by atoms with Crippen molar-refractivity contribution in [1.29, 1.82) is 0 Å². The van der Waals surface area contributed by atoms with Crippen molar-refractivity contribution in [2.75, 3.05) is 6.26 Å². The summed E-state index contributed by atoms with van der Waals surface area (Å²) in [6.45, 7) is 0. The molecule has 98 valence electrons. The van der Waals surface area contributed by atoms with Crippen LogP contribution in [0.25, 0.3) is 0 Å². The predicted molar refractivity (Wildman–Crippen MR) is 66.9 cm³/mol. The molecule has 3 aliphatic carbocycles. The van der Waals surface area contributed by atoms with Crippen LogP contribution in [-0.4, -0.2) is 26.3 Å². The number of hydrogen-bond donors (Lipinski definition) is 2. The fraction of sp³-hybridized carbons (Fsp3) is 1.00. The maximum absolute atomic E-state index is 11.5. The summed E-state index contributed by atoms with van der Waals surface area (Å²) in [7, 11) is -3.11. The van der Waals surface area contributed by atoms with Gasteiger partial charge in [-0.3, -0.25) is 0 Å². The standard InChI is InChI=1S/C12H22N2O2S/c1-17(15,16)14-12-5-8-2-3-11(13)10(7-12)9(4-8)6-12/h8-11,14H,2-7,13H2,1H3. The minimum absolute atomic E-state index is 0.163. The van der Waals surface area contributed by atoms with Crippen molar-refractivity contribution in [3.05, 3.63) is 0 Å². The third-order valence-electron chi connectivity index (χ3n) is 5.06. The van der Waals surface area contributed by atoms with Crippen LogP contribution in [0, 0.1) is 17.8 Å². The second kappa shape index (κ2) is 3.68. The minimum atomic E-state index is -3.11. The molecule has 0 aromatic carbocycles. The van der Waals surface area contributed by atoms with Gasteiger partial charge in [0, 0.05) is 11.6 Å². The molecule has 5 atom stereocenters. The van der Waals surface area contributed by atoms with Crippen LogP contribution in [0.3, 0.4) is 0 Å². The average molecular weight is 258 g/mol. The van der Waals surface area contributed by atoms with E-state index in [4.69, 9.17) is 5.73 Å². The Morgan fingerprint density at radius 2 is 2.00 bits per heavy atom. The molecule has 0 saturated heterocycles. The maximum atomic E-state index is 11.5. The molecule has 17 heavy (non-hydrogen) atoms. The Kier molecular flexibility index (Phi) is 2.58. The fourth-order valence-corrected chi connectivity index (χ4v) is 5.76. The summed E-state index contributed by atoms with van der Waals surface area (Å²) in [4.78, 5) is 0. The van der Waals surface area contributed by atoms with E-state index in [9.17, 15) is 8.42 Å². The van der Waals surface area contributed by atoms with Gasteiger partial charge in [-0.2, -0.15) is 0 Å². The lowest BCUT2D eigenvalue weighted by atomic mass is 9.76. The summed E-state index contributed by atoms with van der Waals surface area (Å²) in [5.41, 5.74) is 6.09. The van der Waals surface area contributed by atoms with E-state index in [1.165, 1.54) is 19.1 Å². The maximum Gasteiger partial charge on any atom is 0.209 e. The summed E-state index contributed by atoms with van der Waals surface area (Å²) >= 11 is 0. The third kappa shape index (κ3) is 2.13. The van der Waals surface area contributed by atoms with Crippen LogP contribution in [0.5, 0.6) is 0 Å². The lowest BCUT2D eigenvalue weighted by Gasteiger charge is -2.38. The Morgan fingerprint density at radius 1 is 1.24 bits per heavy atom. The van der Waals surface area contributed by atoms with Gasteiger partial charge in [-0.25, -0.2) is 13.1 Å². The second-order valence-electron chi connectivity index (χ2n) is 6.53. The van der Waals surface area contributed by atoms with Crippen molar-refractivity contribution in [2.24, 2.45) is 23.5 Å². The molecule has 0 aromatic heterocycles. The summed E-state index contributed by atoms with van der Waals surface area (Å²) in [5, 5.41) is 0. The van der Waals surface area contributed by atoms with Gasteiger partial charge in [0.05, 0.1) is 6.26 Å². The van der Waals surface area contributed by atoms with Crippen molar-refractivity contribution >= 4 is 10.0 Å². The minimum Gasteiger partial charge on any atom is -0.327 e. The summed E-state index contributed by atoms with van der Waals surface area (Å²) in [5.74, 6) is 1.87. The molecule has 5 unspecified atom stereocenters. The fourth-order valence-electron chi connectivity index (χ4n) is 4.72. The SMILES string of the molecule is CS(=O)(=O)NC12CC3CCC(N)C(C1)C(C3)C2. The predicted octanol–water partition coefficient (Wildman–Crippen LogP) is 0.832. The Hall–Kier alpha value is -0.130. The first kappa shape index (κ1) is 11.9. The van der Waals surface area contributed by atoms with E-state index in [-0.39, 0.29) is 11.6 Å². The summed E-state index contributed by atoms with van der Waals surface area (Å²) < 4.78 is 26.0. The van der Waals surface area contributed by atoms with Crippen LogP contribution in [0.4, 0.5) is 0 Å². The van der Waals surface area contributed by atoms with Crippen molar-refractivity contribution in [3.63, 3.8) is 0 Å². The number of nitrogens with two attached hydrogens (primary N) is 1. The van der Waals surface area contributed by atoms with Gasteiger partial charge in [0.25, 0.3) is 0 Å². The Morgan fingerprint density at radius 3 is 2.71 bits per heavy atom. The Bertz CT molecular complexity index is 422. The molecule has 3 aliphatic rings. The molecule has 4 nitrogen and oxygen atoms in total.